The number of carboxylic acid groups (broad SMARTS) is 2. The van der Waals surface area contributed by atoms with Gasteiger partial charge in [0.25, 0.3) is 0 Å². The third-order valence-corrected chi connectivity index (χ3v) is 2.36. The molecule has 0 spiro atoms. The van der Waals surface area contributed by atoms with E-state index in [0.717, 1.165) is 0 Å². The van der Waals surface area contributed by atoms with Gasteiger partial charge in [-0.1, -0.05) is 17.7 Å². The molecule has 0 saturated heterocycles. The first-order chi connectivity index (χ1) is 7.41. The van der Waals surface area contributed by atoms with Gasteiger partial charge in [-0.15, -0.1) is 0 Å². The topological polar surface area (TPSA) is 101 Å². The third-order valence-electron chi connectivity index (χ3n) is 2.03. The van der Waals surface area contributed by atoms with Gasteiger partial charge in [-0.3, -0.25) is 4.79 Å². The van der Waals surface area contributed by atoms with Crippen molar-refractivity contribution in [1.82, 2.24) is 0 Å². The van der Waals surface area contributed by atoms with E-state index in [1.165, 1.54) is 12.1 Å². The van der Waals surface area contributed by atoms with Crippen LogP contribution < -0.4 is 5.73 Å². The average molecular weight is 244 g/mol. The number of aliphatic carboxylic acids is 1. The molecule has 1 rings (SSSR count). The van der Waals surface area contributed by atoms with E-state index in [-0.39, 0.29) is 17.0 Å². The second-order valence-electron chi connectivity index (χ2n) is 3.27. The first-order valence-corrected chi connectivity index (χ1v) is 4.79. The SMILES string of the molecule is N[C@H](Cc1ccc(Cl)c(C(=O)O)c1)C(=O)O. The molecule has 0 aliphatic heterocycles. The molecule has 0 aliphatic carbocycles. The van der Waals surface area contributed by atoms with Gasteiger partial charge in [-0.25, -0.2) is 4.79 Å². The summed E-state index contributed by atoms with van der Waals surface area (Å²) in [5.41, 5.74) is 5.80. The van der Waals surface area contributed by atoms with Crippen LogP contribution in [0.1, 0.15) is 15.9 Å². The minimum Gasteiger partial charge on any atom is -0.480 e. The molecular weight excluding hydrogens is 234 g/mol. The zero-order valence-corrected chi connectivity index (χ0v) is 8.94. The summed E-state index contributed by atoms with van der Waals surface area (Å²) < 4.78 is 0. The van der Waals surface area contributed by atoms with Crippen molar-refractivity contribution in [2.45, 2.75) is 12.5 Å². The van der Waals surface area contributed by atoms with E-state index in [9.17, 15) is 9.59 Å². The fourth-order valence-corrected chi connectivity index (χ4v) is 1.40. The average Bonchev–Trinajstić information content (AvgIpc) is 2.20. The van der Waals surface area contributed by atoms with Gasteiger partial charge in [-0.05, 0) is 24.1 Å². The maximum atomic E-state index is 10.8. The van der Waals surface area contributed by atoms with Crippen molar-refractivity contribution in [3.05, 3.63) is 34.3 Å². The molecule has 6 heteroatoms. The Balaban J connectivity index is 2.95. The maximum absolute atomic E-state index is 10.8. The molecule has 0 aromatic heterocycles. The lowest BCUT2D eigenvalue weighted by molar-refractivity contribution is -0.138. The van der Waals surface area contributed by atoms with Crippen molar-refractivity contribution in [3.63, 3.8) is 0 Å². The molecule has 86 valence electrons. The van der Waals surface area contributed by atoms with Gasteiger partial charge in [-0.2, -0.15) is 0 Å². The molecule has 4 N–H and O–H groups in total. The molecule has 0 saturated carbocycles. The van der Waals surface area contributed by atoms with Crippen LogP contribution >= 0.6 is 11.6 Å². The van der Waals surface area contributed by atoms with Crippen LogP contribution in [0.3, 0.4) is 0 Å². The minimum atomic E-state index is -1.16. The summed E-state index contributed by atoms with van der Waals surface area (Å²) in [6.07, 6.45) is 0.0623. The van der Waals surface area contributed by atoms with E-state index in [1.807, 2.05) is 0 Å². The molecule has 0 aliphatic rings. The smallest absolute Gasteiger partial charge is 0.337 e. The van der Waals surface area contributed by atoms with Crippen molar-refractivity contribution in [2.75, 3.05) is 0 Å². The number of nitrogens with two attached hydrogens (primary N) is 1. The van der Waals surface area contributed by atoms with E-state index in [2.05, 4.69) is 0 Å². The standard InChI is InChI=1S/C10H10ClNO4/c11-7-2-1-5(3-6(7)9(13)14)4-8(12)10(15)16/h1-3,8H,4,12H2,(H,13,14)(H,15,16)/t8-/m1/s1. The van der Waals surface area contributed by atoms with Crippen LogP contribution in [0.2, 0.25) is 5.02 Å². The summed E-state index contributed by atoms with van der Waals surface area (Å²) >= 11 is 5.66. The molecule has 1 atom stereocenters. The van der Waals surface area contributed by atoms with Crippen molar-refractivity contribution < 1.29 is 19.8 Å². The highest BCUT2D eigenvalue weighted by atomic mass is 35.5. The van der Waals surface area contributed by atoms with Crippen LogP contribution in [0.5, 0.6) is 0 Å². The first-order valence-electron chi connectivity index (χ1n) is 4.42. The molecule has 0 bridgehead atoms. The molecule has 0 fully saturated rings. The van der Waals surface area contributed by atoms with Crippen molar-refractivity contribution in [3.8, 4) is 0 Å². The van der Waals surface area contributed by atoms with Crippen LogP contribution in [0, 0.1) is 0 Å². The minimum absolute atomic E-state index is 0.0586. The Bertz CT molecular complexity index is 433. The Kier molecular flexibility index (Phi) is 3.87. The monoisotopic (exact) mass is 243 g/mol. The number of halogens is 1. The summed E-state index contributed by atoms with van der Waals surface area (Å²) in [4.78, 5) is 21.3. The molecule has 1 aromatic rings. The summed E-state index contributed by atoms with van der Waals surface area (Å²) in [5.74, 6) is -2.29. The Morgan fingerprint density at radius 1 is 1.38 bits per heavy atom. The van der Waals surface area contributed by atoms with Gasteiger partial charge >= 0.3 is 11.9 Å². The zero-order chi connectivity index (χ0) is 12.3. The number of hydrogen-bond acceptors (Lipinski definition) is 3. The molecule has 0 radical (unpaired) electrons. The molecule has 0 heterocycles. The van der Waals surface area contributed by atoms with Gasteiger partial charge in [0, 0.05) is 0 Å². The number of carbonyl (C=O) groups is 2. The summed E-state index contributed by atoms with van der Waals surface area (Å²) in [7, 11) is 0. The van der Waals surface area contributed by atoms with E-state index in [1.54, 1.807) is 6.07 Å². The van der Waals surface area contributed by atoms with E-state index in [0.29, 0.717) is 5.56 Å². The summed E-state index contributed by atoms with van der Waals surface area (Å²) in [5, 5.41) is 17.5. The fraction of sp³-hybridized carbons (Fsp3) is 0.200. The second-order valence-corrected chi connectivity index (χ2v) is 3.68. The molecule has 0 amide bonds. The quantitative estimate of drug-likeness (QED) is 0.732. The lowest BCUT2D eigenvalue weighted by Gasteiger charge is -2.07. The number of rotatable bonds is 4. The fourth-order valence-electron chi connectivity index (χ4n) is 1.20. The Hall–Kier alpha value is -1.59. The predicted molar refractivity (Wildman–Crippen MR) is 57.7 cm³/mol. The highest BCUT2D eigenvalue weighted by Crippen LogP contribution is 2.18. The zero-order valence-electron chi connectivity index (χ0n) is 8.18. The summed E-state index contributed by atoms with van der Waals surface area (Å²) in [6.45, 7) is 0. The molecule has 16 heavy (non-hydrogen) atoms. The van der Waals surface area contributed by atoms with Crippen molar-refractivity contribution in [1.29, 1.82) is 0 Å². The molecule has 5 nitrogen and oxygen atoms in total. The normalized spacial score (nSPS) is 12.1. The highest BCUT2D eigenvalue weighted by molar-refractivity contribution is 6.33. The van der Waals surface area contributed by atoms with Gasteiger partial charge in [0.1, 0.15) is 6.04 Å². The van der Waals surface area contributed by atoms with Gasteiger partial charge in [0.15, 0.2) is 0 Å². The number of aromatic carboxylic acids is 1. The Morgan fingerprint density at radius 2 is 2.00 bits per heavy atom. The predicted octanol–water partition coefficient (Wildman–Crippen LogP) is 0.993. The van der Waals surface area contributed by atoms with Crippen LogP contribution in [-0.4, -0.2) is 28.2 Å². The lowest BCUT2D eigenvalue weighted by atomic mass is 10.0. The van der Waals surface area contributed by atoms with Crippen LogP contribution in [0.25, 0.3) is 0 Å². The highest BCUT2D eigenvalue weighted by Gasteiger charge is 2.14. The molecule has 1 aromatic carbocycles. The maximum Gasteiger partial charge on any atom is 0.337 e. The second kappa shape index (κ2) is 4.96. The van der Waals surface area contributed by atoms with Crippen LogP contribution in [0.15, 0.2) is 18.2 Å². The molecule has 0 unspecified atom stereocenters. The number of benzene rings is 1. The van der Waals surface area contributed by atoms with E-state index >= 15 is 0 Å². The lowest BCUT2D eigenvalue weighted by Crippen LogP contribution is -2.32. The van der Waals surface area contributed by atoms with Gasteiger partial charge < -0.3 is 15.9 Å². The van der Waals surface area contributed by atoms with Crippen LogP contribution in [0.4, 0.5) is 0 Å². The summed E-state index contributed by atoms with van der Waals surface area (Å²) in [6, 6.07) is 3.24. The molecular formula is C10H10ClNO4. The van der Waals surface area contributed by atoms with Crippen molar-refractivity contribution >= 4 is 23.5 Å². The largest absolute Gasteiger partial charge is 0.480 e. The van der Waals surface area contributed by atoms with E-state index in [4.69, 9.17) is 27.5 Å². The Morgan fingerprint density at radius 3 is 2.50 bits per heavy atom. The Labute approximate surface area is 96.4 Å². The number of hydrogen-bond donors (Lipinski definition) is 3. The van der Waals surface area contributed by atoms with E-state index < -0.39 is 18.0 Å². The first kappa shape index (κ1) is 12.5. The van der Waals surface area contributed by atoms with Gasteiger partial charge in [0.2, 0.25) is 0 Å². The van der Waals surface area contributed by atoms with Crippen molar-refractivity contribution in [2.24, 2.45) is 5.73 Å². The number of carboxylic acids is 2. The third kappa shape index (κ3) is 2.95. The van der Waals surface area contributed by atoms with Gasteiger partial charge in [0.05, 0.1) is 10.6 Å². The van der Waals surface area contributed by atoms with Crippen LogP contribution in [-0.2, 0) is 11.2 Å².